The summed E-state index contributed by atoms with van der Waals surface area (Å²) in [5.74, 6) is 0.380. The molecule has 120 valence electrons. The summed E-state index contributed by atoms with van der Waals surface area (Å²) in [6.45, 7) is 1.54. The van der Waals surface area contributed by atoms with E-state index in [0.29, 0.717) is 17.1 Å². The normalized spacial score (nSPS) is 19.8. The molecule has 0 saturated heterocycles. The largest absolute Gasteiger partial charge is 0.344 e. The molecule has 23 heavy (non-hydrogen) atoms. The highest BCUT2D eigenvalue weighted by molar-refractivity contribution is 7.99. The highest BCUT2D eigenvalue weighted by Gasteiger charge is 2.27. The van der Waals surface area contributed by atoms with Gasteiger partial charge in [0.2, 0.25) is 0 Å². The Labute approximate surface area is 137 Å². The van der Waals surface area contributed by atoms with Gasteiger partial charge in [0.1, 0.15) is 5.82 Å². The number of nitrogens with zero attached hydrogens (tertiary/aromatic N) is 1. The van der Waals surface area contributed by atoms with Crippen molar-refractivity contribution < 1.29 is 9.18 Å². The fourth-order valence-electron chi connectivity index (χ4n) is 3.18. The number of nitrogens with one attached hydrogen (secondary N) is 3. The van der Waals surface area contributed by atoms with Crippen LogP contribution >= 0.6 is 11.8 Å². The number of carbonyl (C=O) groups excluding carboxylic acids is 1. The highest BCUT2D eigenvalue weighted by atomic mass is 32.2. The maximum Gasteiger partial charge on any atom is 0.272 e. The van der Waals surface area contributed by atoms with Gasteiger partial charge in [-0.1, -0.05) is 12.1 Å². The zero-order valence-corrected chi connectivity index (χ0v) is 13.3. The number of thioether (sulfide) groups is 1. The number of amides is 1. The van der Waals surface area contributed by atoms with Gasteiger partial charge in [0.15, 0.2) is 5.69 Å². The van der Waals surface area contributed by atoms with Crippen molar-refractivity contribution in [2.75, 3.05) is 12.3 Å². The van der Waals surface area contributed by atoms with E-state index in [1.807, 2.05) is 6.07 Å². The number of carbonyl (C=O) groups is 1. The molecular formula is C16H17FN4OS. The molecule has 2 aromatic rings. The molecule has 3 heterocycles. The van der Waals surface area contributed by atoms with E-state index in [4.69, 9.17) is 0 Å². The first kappa shape index (κ1) is 14.7. The second kappa shape index (κ2) is 5.98. The van der Waals surface area contributed by atoms with Crippen LogP contribution in [0.15, 0.2) is 23.1 Å². The number of rotatable bonds is 2. The van der Waals surface area contributed by atoms with E-state index in [-0.39, 0.29) is 17.8 Å². The molecule has 0 fully saturated rings. The summed E-state index contributed by atoms with van der Waals surface area (Å²) >= 11 is 1.51. The summed E-state index contributed by atoms with van der Waals surface area (Å²) in [7, 11) is 0. The SMILES string of the molecule is O=C(NC1CCSc2c(F)cccc21)c1n[nH]c2c1CNCC2. The van der Waals surface area contributed by atoms with Gasteiger partial charge in [-0.3, -0.25) is 9.89 Å². The Balaban J connectivity index is 1.59. The zero-order chi connectivity index (χ0) is 15.8. The second-order valence-electron chi connectivity index (χ2n) is 5.78. The summed E-state index contributed by atoms with van der Waals surface area (Å²) in [4.78, 5) is 13.3. The van der Waals surface area contributed by atoms with Gasteiger partial charge in [0.05, 0.1) is 6.04 Å². The van der Waals surface area contributed by atoms with Gasteiger partial charge < -0.3 is 10.6 Å². The van der Waals surface area contributed by atoms with Gasteiger partial charge in [0, 0.05) is 41.4 Å². The van der Waals surface area contributed by atoms with E-state index in [1.165, 1.54) is 17.8 Å². The number of hydrogen-bond donors (Lipinski definition) is 3. The molecule has 5 nitrogen and oxygen atoms in total. The maximum absolute atomic E-state index is 13.9. The minimum absolute atomic E-state index is 0.168. The summed E-state index contributed by atoms with van der Waals surface area (Å²) < 4.78 is 13.9. The van der Waals surface area contributed by atoms with E-state index in [0.717, 1.165) is 42.0 Å². The Morgan fingerprint density at radius 1 is 1.43 bits per heavy atom. The molecule has 0 saturated carbocycles. The average molecular weight is 332 g/mol. The van der Waals surface area contributed by atoms with E-state index in [2.05, 4.69) is 20.8 Å². The highest BCUT2D eigenvalue weighted by Crippen LogP contribution is 2.37. The smallest absolute Gasteiger partial charge is 0.272 e. The first-order chi connectivity index (χ1) is 11.2. The Kier molecular flexibility index (Phi) is 3.82. The van der Waals surface area contributed by atoms with Crippen molar-refractivity contribution in [2.24, 2.45) is 0 Å². The first-order valence-electron chi connectivity index (χ1n) is 7.73. The number of fused-ring (bicyclic) bond motifs is 2. The molecule has 7 heteroatoms. The van der Waals surface area contributed by atoms with Crippen LogP contribution in [0.25, 0.3) is 0 Å². The molecule has 1 atom stereocenters. The topological polar surface area (TPSA) is 69.8 Å². The molecule has 1 aromatic carbocycles. The summed E-state index contributed by atoms with van der Waals surface area (Å²) in [5, 5.41) is 13.4. The summed E-state index contributed by atoms with van der Waals surface area (Å²) in [5.41, 5.74) is 3.28. The predicted molar refractivity (Wildman–Crippen MR) is 85.9 cm³/mol. The summed E-state index contributed by atoms with van der Waals surface area (Å²) in [6.07, 6.45) is 1.64. The van der Waals surface area contributed by atoms with Crippen LogP contribution in [0.5, 0.6) is 0 Å². The molecule has 3 N–H and O–H groups in total. The number of H-pyrrole nitrogens is 1. The Morgan fingerprint density at radius 2 is 2.35 bits per heavy atom. The quantitative estimate of drug-likeness (QED) is 0.788. The van der Waals surface area contributed by atoms with Crippen molar-refractivity contribution in [1.29, 1.82) is 0 Å². The number of benzene rings is 1. The number of aromatic amines is 1. The van der Waals surface area contributed by atoms with Gasteiger partial charge in [-0.15, -0.1) is 11.8 Å². The maximum atomic E-state index is 13.9. The Bertz CT molecular complexity index is 761. The lowest BCUT2D eigenvalue weighted by molar-refractivity contribution is 0.0928. The lowest BCUT2D eigenvalue weighted by Gasteiger charge is -2.26. The first-order valence-corrected chi connectivity index (χ1v) is 8.71. The van der Waals surface area contributed by atoms with Gasteiger partial charge in [-0.25, -0.2) is 4.39 Å². The number of hydrogen-bond acceptors (Lipinski definition) is 4. The van der Waals surface area contributed by atoms with E-state index >= 15 is 0 Å². The van der Waals surface area contributed by atoms with Crippen molar-refractivity contribution in [2.45, 2.75) is 30.3 Å². The van der Waals surface area contributed by atoms with E-state index in [9.17, 15) is 9.18 Å². The Morgan fingerprint density at radius 3 is 3.26 bits per heavy atom. The fraction of sp³-hybridized carbons (Fsp3) is 0.375. The van der Waals surface area contributed by atoms with Crippen LogP contribution in [-0.2, 0) is 13.0 Å². The third-order valence-electron chi connectivity index (χ3n) is 4.35. The van der Waals surface area contributed by atoms with Gasteiger partial charge >= 0.3 is 0 Å². The monoisotopic (exact) mass is 332 g/mol. The fourth-order valence-corrected chi connectivity index (χ4v) is 4.32. The molecular weight excluding hydrogens is 315 g/mol. The third-order valence-corrected chi connectivity index (χ3v) is 5.51. The molecule has 0 radical (unpaired) electrons. The molecule has 0 spiro atoms. The van der Waals surface area contributed by atoms with E-state index in [1.54, 1.807) is 6.07 Å². The lowest BCUT2D eigenvalue weighted by Crippen LogP contribution is -2.33. The van der Waals surface area contributed by atoms with Gasteiger partial charge in [-0.2, -0.15) is 5.10 Å². The van der Waals surface area contributed by atoms with E-state index < -0.39 is 0 Å². The Hall–Kier alpha value is -1.86. The predicted octanol–water partition coefficient (Wildman–Crippen LogP) is 2.16. The molecule has 1 amide bonds. The standard InChI is InChI=1S/C16H17FN4OS/c17-11-3-1-2-9-12(5-7-23-15(9)11)19-16(22)14-10-8-18-6-4-13(10)20-21-14/h1-3,12,18H,4-8H2,(H,19,22)(H,20,21). The van der Waals surface area contributed by atoms with Crippen molar-refractivity contribution >= 4 is 17.7 Å². The average Bonchev–Trinajstić information content (AvgIpc) is 3.00. The number of aromatic nitrogens is 2. The molecule has 2 aliphatic heterocycles. The molecule has 2 aliphatic rings. The van der Waals surface area contributed by atoms with Crippen LogP contribution in [0.4, 0.5) is 4.39 Å². The minimum Gasteiger partial charge on any atom is -0.344 e. The van der Waals surface area contributed by atoms with Gasteiger partial charge in [0.25, 0.3) is 5.91 Å². The van der Waals surface area contributed by atoms with Crippen molar-refractivity contribution in [3.8, 4) is 0 Å². The molecule has 0 aliphatic carbocycles. The summed E-state index contributed by atoms with van der Waals surface area (Å²) in [6, 6.07) is 4.88. The number of halogens is 1. The minimum atomic E-state index is -0.215. The van der Waals surface area contributed by atoms with Crippen LogP contribution in [0.3, 0.4) is 0 Å². The molecule has 0 bridgehead atoms. The van der Waals surface area contributed by atoms with Crippen LogP contribution in [0.1, 0.15) is 39.8 Å². The van der Waals surface area contributed by atoms with Crippen LogP contribution < -0.4 is 10.6 Å². The van der Waals surface area contributed by atoms with Gasteiger partial charge in [-0.05, 0) is 18.1 Å². The molecule has 4 rings (SSSR count). The van der Waals surface area contributed by atoms with Crippen LogP contribution in [-0.4, -0.2) is 28.4 Å². The molecule has 1 unspecified atom stereocenters. The lowest BCUT2D eigenvalue weighted by atomic mass is 10.0. The zero-order valence-electron chi connectivity index (χ0n) is 12.5. The second-order valence-corrected chi connectivity index (χ2v) is 6.88. The third kappa shape index (κ3) is 2.64. The van der Waals surface area contributed by atoms with Crippen molar-refractivity contribution in [1.82, 2.24) is 20.8 Å². The van der Waals surface area contributed by atoms with Crippen molar-refractivity contribution in [3.05, 3.63) is 46.5 Å². The molecule has 1 aromatic heterocycles. The van der Waals surface area contributed by atoms with Crippen LogP contribution in [0, 0.1) is 5.82 Å². The van der Waals surface area contributed by atoms with Crippen molar-refractivity contribution in [3.63, 3.8) is 0 Å². The van der Waals surface area contributed by atoms with Crippen LogP contribution in [0.2, 0.25) is 0 Å².